The van der Waals surface area contributed by atoms with Gasteiger partial charge in [-0.05, 0) is 6.42 Å². The molecule has 4 heteroatoms. The van der Waals surface area contributed by atoms with Crippen LogP contribution in [0.15, 0.2) is 0 Å². The predicted octanol–water partition coefficient (Wildman–Crippen LogP) is -0.857. The SMILES string of the molecule is CCCC([C]=O)C(O)(O)O. The molecule has 3 N–H and O–H groups in total. The van der Waals surface area contributed by atoms with Gasteiger partial charge in [0.25, 0.3) is 5.97 Å². The maximum Gasteiger partial charge on any atom is 0.286 e. The Morgan fingerprint density at radius 3 is 2.10 bits per heavy atom. The molecular weight excluding hydrogens is 136 g/mol. The molecular formula is C6H11O4. The van der Waals surface area contributed by atoms with Crippen LogP contribution >= 0.6 is 0 Å². The van der Waals surface area contributed by atoms with Crippen molar-refractivity contribution in [2.75, 3.05) is 0 Å². The van der Waals surface area contributed by atoms with Crippen LogP contribution in [0.25, 0.3) is 0 Å². The van der Waals surface area contributed by atoms with Gasteiger partial charge in [0, 0.05) is 0 Å². The first kappa shape index (κ1) is 9.55. The zero-order valence-corrected chi connectivity index (χ0v) is 5.74. The minimum atomic E-state index is -2.90. The van der Waals surface area contributed by atoms with Gasteiger partial charge in [-0.1, -0.05) is 13.3 Å². The zero-order valence-electron chi connectivity index (χ0n) is 5.74. The maximum absolute atomic E-state index is 9.94. The summed E-state index contributed by atoms with van der Waals surface area (Å²) in [5.41, 5.74) is 0. The van der Waals surface area contributed by atoms with Gasteiger partial charge in [-0.3, -0.25) is 4.79 Å². The molecule has 0 saturated carbocycles. The van der Waals surface area contributed by atoms with Crippen molar-refractivity contribution in [3.63, 3.8) is 0 Å². The molecule has 59 valence electrons. The van der Waals surface area contributed by atoms with E-state index in [9.17, 15) is 4.79 Å². The van der Waals surface area contributed by atoms with Crippen LogP contribution in [-0.4, -0.2) is 27.6 Å². The van der Waals surface area contributed by atoms with E-state index >= 15 is 0 Å². The van der Waals surface area contributed by atoms with Gasteiger partial charge >= 0.3 is 0 Å². The molecule has 0 spiro atoms. The molecule has 1 unspecified atom stereocenters. The van der Waals surface area contributed by atoms with Gasteiger partial charge in [-0.2, -0.15) is 0 Å². The van der Waals surface area contributed by atoms with Crippen molar-refractivity contribution in [1.29, 1.82) is 0 Å². The molecule has 0 fully saturated rings. The first-order chi connectivity index (χ1) is 4.52. The zero-order chi connectivity index (χ0) is 8.20. The van der Waals surface area contributed by atoms with E-state index in [1.807, 2.05) is 0 Å². The quantitative estimate of drug-likeness (QED) is 0.452. The first-order valence-electron chi connectivity index (χ1n) is 3.07. The largest absolute Gasteiger partial charge is 0.343 e. The normalized spacial score (nSPS) is 14.8. The van der Waals surface area contributed by atoms with Crippen molar-refractivity contribution in [2.45, 2.75) is 25.7 Å². The Hall–Kier alpha value is -0.450. The number of carbonyl (C=O) groups excluding carboxylic acids is 1. The van der Waals surface area contributed by atoms with Gasteiger partial charge < -0.3 is 15.3 Å². The van der Waals surface area contributed by atoms with Crippen molar-refractivity contribution in [1.82, 2.24) is 0 Å². The molecule has 1 radical (unpaired) electrons. The minimum absolute atomic E-state index is 0.215. The van der Waals surface area contributed by atoms with Crippen LogP contribution in [0, 0.1) is 5.92 Å². The molecule has 0 aliphatic heterocycles. The number of hydrogen-bond acceptors (Lipinski definition) is 4. The third-order valence-corrected chi connectivity index (χ3v) is 1.19. The molecule has 10 heavy (non-hydrogen) atoms. The summed E-state index contributed by atoms with van der Waals surface area (Å²) in [4.78, 5) is 9.94. The van der Waals surface area contributed by atoms with E-state index in [1.165, 1.54) is 6.29 Å². The van der Waals surface area contributed by atoms with Gasteiger partial charge in [0.05, 0.1) is 0 Å². The standard InChI is InChI=1S/C6H11O4/c1-2-3-5(4-7)6(8,9)10/h5,8-10H,2-3H2,1H3. The average Bonchev–Trinajstić information content (AvgIpc) is 1.80. The Morgan fingerprint density at radius 2 is 2.00 bits per heavy atom. The summed E-state index contributed by atoms with van der Waals surface area (Å²) in [6, 6.07) is 0. The summed E-state index contributed by atoms with van der Waals surface area (Å²) < 4.78 is 0. The fourth-order valence-electron chi connectivity index (χ4n) is 0.620. The summed E-state index contributed by atoms with van der Waals surface area (Å²) in [5, 5.41) is 25.4. The van der Waals surface area contributed by atoms with Crippen molar-refractivity contribution in [3.8, 4) is 0 Å². The molecule has 0 saturated heterocycles. The lowest BCUT2D eigenvalue weighted by molar-refractivity contribution is -0.330. The lowest BCUT2D eigenvalue weighted by Crippen LogP contribution is -2.38. The number of hydrogen-bond donors (Lipinski definition) is 3. The average molecular weight is 147 g/mol. The second-order valence-corrected chi connectivity index (χ2v) is 2.15. The van der Waals surface area contributed by atoms with Gasteiger partial charge in [0.1, 0.15) is 5.92 Å². The summed E-state index contributed by atoms with van der Waals surface area (Å²) in [6.07, 6.45) is 2.14. The van der Waals surface area contributed by atoms with E-state index < -0.39 is 11.9 Å². The van der Waals surface area contributed by atoms with Gasteiger partial charge in [-0.25, -0.2) is 0 Å². The lowest BCUT2D eigenvalue weighted by atomic mass is 10.0. The van der Waals surface area contributed by atoms with E-state index in [2.05, 4.69) is 0 Å². The minimum Gasteiger partial charge on any atom is -0.343 e. The van der Waals surface area contributed by atoms with Gasteiger partial charge in [0.15, 0.2) is 0 Å². The van der Waals surface area contributed by atoms with Crippen molar-refractivity contribution in [3.05, 3.63) is 0 Å². The maximum atomic E-state index is 9.94. The van der Waals surface area contributed by atoms with Crippen LogP contribution < -0.4 is 0 Å². The summed E-state index contributed by atoms with van der Waals surface area (Å²) in [5.74, 6) is -4.13. The van der Waals surface area contributed by atoms with Crippen LogP contribution in [0.3, 0.4) is 0 Å². The van der Waals surface area contributed by atoms with Gasteiger partial charge in [-0.15, -0.1) is 0 Å². The molecule has 0 heterocycles. The Balaban J connectivity index is 3.93. The molecule has 0 amide bonds. The molecule has 1 atom stereocenters. The Kier molecular flexibility index (Phi) is 3.49. The third-order valence-electron chi connectivity index (χ3n) is 1.19. The van der Waals surface area contributed by atoms with Crippen molar-refractivity contribution >= 4 is 6.29 Å². The highest BCUT2D eigenvalue weighted by Crippen LogP contribution is 2.14. The van der Waals surface area contributed by atoms with Crippen LogP contribution in [0.1, 0.15) is 19.8 Å². The fraction of sp³-hybridized carbons (Fsp3) is 0.833. The highest BCUT2D eigenvalue weighted by Gasteiger charge is 2.31. The first-order valence-corrected chi connectivity index (χ1v) is 3.07. The number of rotatable bonds is 4. The van der Waals surface area contributed by atoms with Crippen LogP contribution in [-0.2, 0) is 4.79 Å². The monoisotopic (exact) mass is 147 g/mol. The summed E-state index contributed by atoms with van der Waals surface area (Å²) in [7, 11) is 0. The second kappa shape index (κ2) is 3.65. The fourth-order valence-corrected chi connectivity index (χ4v) is 0.620. The molecule has 0 aliphatic rings. The molecule has 0 aromatic heterocycles. The lowest BCUT2D eigenvalue weighted by Gasteiger charge is -2.19. The van der Waals surface area contributed by atoms with Gasteiger partial charge in [0.2, 0.25) is 6.29 Å². The van der Waals surface area contributed by atoms with Crippen molar-refractivity contribution < 1.29 is 20.1 Å². The second-order valence-electron chi connectivity index (χ2n) is 2.15. The van der Waals surface area contributed by atoms with E-state index in [0.29, 0.717) is 6.42 Å². The Labute approximate surface area is 59.1 Å². The van der Waals surface area contributed by atoms with Crippen molar-refractivity contribution in [2.24, 2.45) is 5.92 Å². The molecule has 4 nitrogen and oxygen atoms in total. The molecule has 0 bridgehead atoms. The highest BCUT2D eigenvalue weighted by atomic mass is 16.7. The summed E-state index contributed by atoms with van der Waals surface area (Å²) in [6.45, 7) is 1.76. The smallest absolute Gasteiger partial charge is 0.286 e. The molecule has 0 aliphatic carbocycles. The molecule has 0 rings (SSSR count). The molecule has 0 aromatic rings. The number of aliphatic hydroxyl groups is 3. The Bertz CT molecular complexity index is 105. The van der Waals surface area contributed by atoms with E-state index in [-0.39, 0.29) is 6.42 Å². The van der Waals surface area contributed by atoms with E-state index in [0.717, 1.165) is 0 Å². The van der Waals surface area contributed by atoms with E-state index in [4.69, 9.17) is 15.3 Å². The Morgan fingerprint density at radius 1 is 1.50 bits per heavy atom. The third kappa shape index (κ3) is 2.91. The van der Waals surface area contributed by atoms with E-state index in [1.54, 1.807) is 6.92 Å². The molecule has 0 aromatic carbocycles. The predicted molar refractivity (Wildman–Crippen MR) is 33.5 cm³/mol. The van der Waals surface area contributed by atoms with Crippen LogP contribution in [0.5, 0.6) is 0 Å². The topological polar surface area (TPSA) is 77.8 Å². The highest BCUT2D eigenvalue weighted by molar-refractivity contribution is 5.55. The summed E-state index contributed by atoms with van der Waals surface area (Å²) >= 11 is 0. The van der Waals surface area contributed by atoms with Crippen LogP contribution in [0.2, 0.25) is 0 Å². The van der Waals surface area contributed by atoms with Crippen LogP contribution in [0.4, 0.5) is 0 Å².